The molecular formula is C12H17N3O2S. The van der Waals surface area contributed by atoms with Gasteiger partial charge in [-0.05, 0) is 31.8 Å². The number of fused-ring (bicyclic) bond motifs is 3. The molecule has 0 aromatic carbocycles. The fourth-order valence-electron chi connectivity index (χ4n) is 3.15. The first-order valence-corrected chi connectivity index (χ1v) is 8.18. The van der Waals surface area contributed by atoms with Crippen molar-refractivity contribution in [2.75, 3.05) is 25.9 Å². The monoisotopic (exact) mass is 267 g/mol. The van der Waals surface area contributed by atoms with Gasteiger partial charge in [0, 0.05) is 31.1 Å². The van der Waals surface area contributed by atoms with Crippen molar-refractivity contribution >= 4 is 9.84 Å². The molecule has 3 aliphatic heterocycles. The molecule has 2 bridgehead atoms. The average molecular weight is 267 g/mol. The Morgan fingerprint density at radius 1 is 1.22 bits per heavy atom. The van der Waals surface area contributed by atoms with Gasteiger partial charge in [0.25, 0.3) is 0 Å². The van der Waals surface area contributed by atoms with Gasteiger partial charge in [-0.15, -0.1) is 0 Å². The number of nitrogens with zero attached hydrogens (tertiary/aromatic N) is 3. The first-order chi connectivity index (χ1) is 8.55. The Labute approximate surface area is 107 Å². The summed E-state index contributed by atoms with van der Waals surface area (Å²) in [5, 5.41) is 0.170. The van der Waals surface area contributed by atoms with Crippen LogP contribution in [0.15, 0.2) is 17.4 Å². The molecule has 4 heterocycles. The van der Waals surface area contributed by atoms with Gasteiger partial charge in [-0.3, -0.25) is 4.98 Å². The Morgan fingerprint density at radius 3 is 2.44 bits per heavy atom. The highest BCUT2D eigenvalue weighted by molar-refractivity contribution is 7.90. The average Bonchev–Trinajstić information content (AvgIpc) is 2.39. The van der Waals surface area contributed by atoms with E-state index in [1.165, 1.54) is 12.5 Å². The van der Waals surface area contributed by atoms with Crippen LogP contribution in [-0.2, 0) is 9.84 Å². The van der Waals surface area contributed by atoms with Crippen LogP contribution < -0.4 is 0 Å². The van der Waals surface area contributed by atoms with Gasteiger partial charge in [0.1, 0.15) is 0 Å². The van der Waals surface area contributed by atoms with Gasteiger partial charge in [0.2, 0.25) is 0 Å². The number of hydrogen-bond acceptors (Lipinski definition) is 5. The van der Waals surface area contributed by atoms with E-state index in [1.807, 2.05) is 0 Å². The predicted octanol–water partition coefficient (Wildman–Crippen LogP) is 0.689. The fourth-order valence-corrected chi connectivity index (χ4v) is 3.99. The summed E-state index contributed by atoms with van der Waals surface area (Å²) in [7, 11) is -3.29. The van der Waals surface area contributed by atoms with Crippen molar-refractivity contribution in [3.63, 3.8) is 0 Å². The zero-order valence-corrected chi connectivity index (χ0v) is 11.2. The first-order valence-electron chi connectivity index (χ1n) is 6.29. The maximum Gasteiger partial charge on any atom is 0.194 e. The molecule has 1 atom stereocenters. The number of piperidine rings is 3. The highest BCUT2D eigenvalue weighted by atomic mass is 32.2. The zero-order chi connectivity index (χ0) is 12.8. The molecule has 0 saturated carbocycles. The second-order valence-electron chi connectivity index (χ2n) is 5.26. The van der Waals surface area contributed by atoms with Crippen molar-refractivity contribution in [3.8, 4) is 0 Å². The van der Waals surface area contributed by atoms with E-state index in [0.717, 1.165) is 32.5 Å². The van der Waals surface area contributed by atoms with Crippen LogP contribution in [0.3, 0.4) is 0 Å². The largest absolute Gasteiger partial charge is 0.303 e. The normalized spacial score (nSPS) is 31.5. The third kappa shape index (κ3) is 2.03. The standard InChI is InChI=1S/C12H17N3O2S/c1-18(16,17)12-11(13-4-5-14-12)10-8-15-6-2-9(10)3-7-15/h4-5,9-10H,2-3,6-8H2,1H3/t10-/m1/s1. The predicted molar refractivity (Wildman–Crippen MR) is 67.0 cm³/mol. The molecule has 5 nitrogen and oxygen atoms in total. The van der Waals surface area contributed by atoms with Crippen LogP contribution in [0.4, 0.5) is 0 Å². The fraction of sp³-hybridized carbons (Fsp3) is 0.667. The van der Waals surface area contributed by atoms with Gasteiger partial charge < -0.3 is 4.90 Å². The topological polar surface area (TPSA) is 63.2 Å². The maximum absolute atomic E-state index is 11.8. The molecule has 0 radical (unpaired) electrons. The molecule has 4 rings (SSSR count). The van der Waals surface area contributed by atoms with E-state index in [2.05, 4.69) is 14.9 Å². The molecule has 1 aromatic rings. The van der Waals surface area contributed by atoms with Gasteiger partial charge in [-0.1, -0.05) is 0 Å². The van der Waals surface area contributed by atoms with Gasteiger partial charge in [0.15, 0.2) is 14.9 Å². The van der Waals surface area contributed by atoms with E-state index in [0.29, 0.717) is 11.6 Å². The minimum atomic E-state index is -3.29. The summed E-state index contributed by atoms with van der Waals surface area (Å²) < 4.78 is 23.6. The van der Waals surface area contributed by atoms with Crippen LogP contribution >= 0.6 is 0 Å². The molecule has 3 aliphatic rings. The lowest BCUT2D eigenvalue weighted by molar-refractivity contribution is 0.0839. The molecular weight excluding hydrogens is 250 g/mol. The number of aromatic nitrogens is 2. The molecule has 0 N–H and O–H groups in total. The molecule has 18 heavy (non-hydrogen) atoms. The minimum Gasteiger partial charge on any atom is -0.303 e. The first kappa shape index (κ1) is 12.0. The van der Waals surface area contributed by atoms with Crippen LogP contribution in [-0.4, -0.2) is 49.2 Å². The van der Waals surface area contributed by atoms with E-state index in [1.54, 1.807) is 6.20 Å². The Kier molecular flexibility index (Phi) is 2.86. The van der Waals surface area contributed by atoms with Crippen LogP contribution in [0, 0.1) is 5.92 Å². The maximum atomic E-state index is 11.8. The van der Waals surface area contributed by atoms with Gasteiger partial charge in [0.05, 0.1) is 5.69 Å². The number of rotatable bonds is 2. The third-order valence-electron chi connectivity index (χ3n) is 4.05. The summed E-state index contributed by atoms with van der Waals surface area (Å²) in [6.07, 6.45) is 6.56. The molecule has 3 fully saturated rings. The highest BCUT2D eigenvalue weighted by Gasteiger charge is 2.38. The Hall–Kier alpha value is -1.01. The van der Waals surface area contributed by atoms with Crippen molar-refractivity contribution in [3.05, 3.63) is 18.1 Å². The number of hydrogen-bond donors (Lipinski definition) is 0. The Bertz CT molecular complexity index is 550. The summed E-state index contributed by atoms with van der Waals surface area (Å²) >= 11 is 0. The SMILES string of the molecule is CS(=O)(=O)c1nccnc1[C@@H]1CN2CCC1CC2. The molecule has 1 aromatic heterocycles. The van der Waals surface area contributed by atoms with Crippen molar-refractivity contribution in [1.29, 1.82) is 0 Å². The Morgan fingerprint density at radius 2 is 1.89 bits per heavy atom. The summed E-state index contributed by atoms with van der Waals surface area (Å²) in [6.45, 7) is 3.19. The van der Waals surface area contributed by atoms with Crippen molar-refractivity contribution in [1.82, 2.24) is 14.9 Å². The molecule has 0 aliphatic carbocycles. The Balaban J connectivity index is 2.02. The summed E-state index contributed by atoms with van der Waals surface area (Å²) in [4.78, 5) is 10.8. The lowest BCUT2D eigenvalue weighted by atomic mass is 9.77. The van der Waals surface area contributed by atoms with E-state index in [9.17, 15) is 8.42 Å². The van der Waals surface area contributed by atoms with Gasteiger partial charge >= 0.3 is 0 Å². The van der Waals surface area contributed by atoms with E-state index >= 15 is 0 Å². The quantitative estimate of drug-likeness (QED) is 0.789. The molecule has 0 spiro atoms. The highest BCUT2D eigenvalue weighted by Crippen LogP contribution is 2.39. The third-order valence-corrected chi connectivity index (χ3v) is 5.07. The smallest absolute Gasteiger partial charge is 0.194 e. The summed E-state index contributed by atoms with van der Waals surface area (Å²) in [5.74, 6) is 0.790. The lowest BCUT2D eigenvalue weighted by Gasteiger charge is -2.44. The van der Waals surface area contributed by atoms with Crippen LogP contribution in [0.5, 0.6) is 0 Å². The molecule has 6 heteroatoms. The van der Waals surface area contributed by atoms with Crippen molar-refractivity contribution in [2.24, 2.45) is 5.92 Å². The van der Waals surface area contributed by atoms with E-state index < -0.39 is 9.84 Å². The van der Waals surface area contributed by atoms with Gasteiger partial charge in [-0.25, -0.2) is 13.4 Å². The molecule has 0 amide bonds. The van der Waals surface area contributed by atoms with E-state index in [4.69, 9.17) is 0 Å². The summed E-state index contributed by atoms with van der Waals surface area (Å²) in [6, 6.07) is 0. The number of sulfone groups is 1. The second-order valence-corrected chi connectivity index (χ2v) is 7.19. The lowest BCUT2D eigenvalue weighted by Crippen LogP contribution is -2.46. The van der Waals surface area contributed by atoms with Gasteiger partial charge in [-0.2, -0.15) is 0 Å². The van der Waals surface area contributed by atoms with Crippen LogP contribution in [0.25, 0.3) is 0 Å². The van der Waals surface area contributed by atoms with E-state index in [-0.39, 0.29) is 10.9 Å². The second kappa shape index (κ2) is 4.28. The minimum absolute atomic E-state index is 0.170. The van der Waals surface area contributed by atoms with Crippen LogP contribution in [0.2, 0.25) is 0 Å². The molecule has 0 unspecified atom stereocenters. The summed E-state index contributed by atoms with van der Waals surface area (Å²) in [5.41, 5.74) is 0.675. The van der Waals surface area contributed by atoms with Crippen molar-refractivity contribution in [2.45, 2.75) is 23.8 Å². The zero-order valence-electron chi connectivity index (χ0n) is 10.4. The van der Waals surface area contributed by atoms with Crippen molar-refractivity contribution < 1.29 is 8.42 Å². The molecule has 3 saturated heterocycles. The molecule has 98 valence electrons. The van der Waals surface area contributed by atoms with Crippen LogP contribution in [0.1, 0.15) is 24.5 Å².